The van der Waals surface area contributed by atoms with Gasteiger partial charge < -0.3 is 10.2 Å². The van der Waals surface area contributed by atoms with Gasteiger partial charge in [0.2, 0.25) is 16.9 Å². The molecule has 0 aliphatic heterocycles. The topological polar surface area (TPSA) is 75.2 Å². The number of nitrogens with one attached hydrogen (secondary N) is 1. The van der Waals surface area contributed by atoms with Crippen LogP contribution < -0.4 is 5.32 Å². The average molecular weight is 453 g/mol. The fourth-order valence-corrected chi connectivity index (χ4v) is 3.55. The second-order valence-corrected chi connectivity index (χ2v) is 8.09. The Bertz CT molecular complexity index is 748. The number of amides is 2. The number of hydrogen-bond acceptors (Lipinski definition) is 5. The second-order valence-electron chi connectivity index (χ2n) is 6.20. The number of carbonyl (C=O) groups excluding carboxylic acids is 2. The number of anilines is 1. The third kappa shape index (κ3) is 7.03. The van der Waals surface area contributed by atoms with Crippen LogP contribution >= 0.6 is 27.3 Å². The van der Waals surface area contributed by atoms with Crippen molar-refractivity contribution < 1.29 is 9.59 Å². The summed E-state index contributed by atoms with van der Waals surface area (Å²) in [4.78, 5) is 26.2. The number of halogens is 1. The first-order valence-electron chi connectivity index (χ1n) is 9.20. The van der Waals surface area contributed by atoms with Gasteiger partial charge in [0.15, 0.2) is 0 Å². The van der Waals surface area contributed by atoms with Gasteiger partial charge >= 0.3 is 0 Å². The Balaban J connectivity index is 1.87. The van der Waals surface area contributed by atoms with Gasteiger partial charge in [-0.15, -0.1) is 10.2 Å². The third-order valence-electron chi connectivity index (χ3n) is 3.96. The summed E-state index contributed by atoms with van der Waals surface area (Å²) < 4.78 is 0.995. The van der Waals surface area contributed by atoms with Gasteiger partial charge in [0.1, 0.15) is 5.01 Å². The molecule has 0 bridgehead atoms. The van der Waals surface area contributed by atoms with E-state index in [9.17, 15) is 9.59 Å². The first-order valence-corrected chi connectivity index (χ1v) is 10.8. The van der Waals surface area contributed by atoms with E-state index in [1.165, 1.54) is 11.3 Å². The number of aromatic nitrogens is 2. The van der Waals surface area contributed by atoms with Crippen LogP contribution in [-0.4, -0.2) is 40.0 Å². The zero-order chi connectivity index (χ0) is 19.6. The van der Waals surface area contributed by atoms with E-state index in [0.29, 0.717) is 24.6 Å². The molecule has 0 radical (unpaired) electrons. The summed E-state index contributed by atoms with van der Waals surface area (Å²) in [6, 6.07) is 7.77. The van der Waals surface area contributed by atoms with Gasteiger partial charge in [-0.1, -0.05) is 59.7 Å². The third-order valence-corrected chi connectivity index (χ3v) is 5.38. The molecular formula is C19H25BrN4O2S. The minimum absolute atomic E-state index is 0.125. The van der Waals surface area contributed by atoms with Crippen LogP contribution in [-0.2, 0) is 9.59 Å². The number of nitrogens with zero attached hydrogens (tertiary/aromatic N) is 3. The molecule has 1 aromatic carbocycles. The fourth-order valence-electron chi connectivity index (χ4n) is 2.52. The monoisotopic (exact) mass is 452 g/mol. The highest BCUT2D eigenvalue weighted by Gasteiger charge is 2.15. The molecule has 0 aliphatic carbocycles. The number of carbonyl (C=O) groups is 2. The van der Waals surface area contributed by atoms with Gasteiger partial charge in [0.25, 0.3) is 0 Å². The van der Waals surface area contributed by atoms with E-state index in [0.717, 1.165) is 34.3 Å². The number of rotatable bonds is 10. The Morgan fingerprint density at radius 3 is 2.48 bits per heavy atom. The molecular weight excluding hydrogens is 428 g/mol. The Morgan fingerprint density at radius 2 is 1.81 bits per heavy atom. The maximum Gasteiger partial charge on any atom is 0.227 e. The zero-order valence-electron chi connectivity index (χ0n) is 15.7. The van der Waals surface area contributed by atoms with Crippen LogP contribution in [0.3, 0.4) is 0 Å². The lowest BCUT2D eigenvalue weighted by Gasteiger charge is -2.21. The van der Waals surface area contributed by atoms with Crippen molar-refractivity contribution in [1.29, 1.82) is 0 Å². The maximum atomic E-state index is 12.2. The SMILES string of the molecule is CCCCC(=O)N(CCC)CCC(=O)Nc1nnc(-c2ccc(Br)cc2)s1. The van der Waals surface area contributed by atoms with Crippen molar-refractivity contribution in [2.75, 3.05) is 18.4 Å². The van der Waals surface area contributed by atoms with Crippen LogP contribution in [0.25, 0.3) is 10.6 Å². The van der Waals surface area contributed by atoms with Crippen molar-refractivity contribution in [3.05, 3.63) is 28.7 Å². The lowest BCUT2D eigenvalue weighted by atomic mass is 10.2. The molecule has 0 spiro atoms. The van der Waals surface area contributed by atoms with Gasteiger partial charge in [-0.3, -0.25) is 9.59 Å². The predicted molar refractivity (Wildman–Crippen MR) is 113 cm³/mol. The number of benzene rings is 1. The summed E-state index contributed by atoms with van der Waals surface area (Å²) in [5.74, 6) is -0.0298. The first kappa shape index (κ1) is 21.5. The summed E-state index contributed by atoms with van der Waals surface area (Å²) in [5.41, 5.74) is 0.951. The summed E-state index contributed by atoms with van der Waals surface area (Å²) >= 11 is 4.73. The molecule has 1 heterocycles. The van der Waals surface area contributed by atoms with Gasteiger partial charge in [-0.05, 0) is 25.0 Å². The molecule has 0 aliphatic rings. The Morgan fingerprint density at radius 1 is 1.07 bits per heavy atom. The molecule has 8 heteroatoms. The van der Waals surface area contributed by atoms with Crippen LogP contribution in [0.15, 0.2) is 28.7 Å². The smallest absolute Gasteiger partial charge is 0.227 e. The van der Waals surface area contributed by atoms with Gasteiger partial charge in [-0.25, -0.2) is 0 Å². The van der Waals surface area contributed by atoms with E-state index < -0.39 is 0 Å². The van der Waals surface area contributed by atoms with Crippen molar-refractivity contribution in [3.63, 3.8) is 0 Å². The molecule has 2 amide bonds. The van der Waals surface area contributed by atoms with Crippen LogP contribution in [0.2, 0.25) is 0 Å². The number of unbranched alkanes of at least 4 members (excludes halogenated alkanes) is 1. The summed E-state index contributed by atoms with van der Waals surface area (Å²) in [5, 5.41) is 12.2. The molecule has 0 fully saturated rings. The van der Waals surface area contributed by atoms with Gasteiger partial charge in [-0.2, -0.15) is 0 Å². The Hall–Kier alpha value is -1.80. The summed E-state index contributed by atoms with van der Waals surface area (Å²) in [6.45, 7) is 5.21. The van der Waals surface area contributed by atoms with E-state index in [-0.39, 0.29) is 18.2 Å². The lowest BCUT2D eigenvalue weighted by Crippen LogP contribution is -2.34. The van der Waals surface area contributed by atoms with Crippen LogP contribution in [0.1, 0.15) is 46.0 Å². The molecule has 2 aromatic rings. The second kappa shape index (κ2) is 11.1. The number of hydrogen-bond donors (Lipinski definition) is 1. The van der Waals surface area contributed by atoms with Gasteiger partial charge in [0.05, 0.1) is 0 Å². The van der Waals surface area contributed by atoms with Crippen molar-refractivity contribution >= 4 is 44.2 Å². The lowest BCUT2D eigenvalue weighted by molar-refractivity contribution is -0.131. The van der Waals surface area contributed by atoms with Crippen LogP contribution in [0, 0.1) is 0 Å². The van der Waals surface area contributed by atoms with E-state index in [2.05, 4.69) is 38.4 Å². The zero-order valence-corrected chi connectivity index (χ0v) is 18.1. The van der Waals surface area contributed by atoms with Gasteiger partial charge in [0, 0.05) is 36.0 Å². The van der Waals surface area contributed by atoms with Crippen LogP contribution in [0.4, 0.5) is 5.13 Å². The molecule has 6 nitrogen and oxygen atoms in total. The Kier molecular flexibility index (Phi) is 8.87. The van der Waals surface area contributed by atoms with Crippen molar-refractivity contribution in [2.45, 2.75) is 46.0 Å². The molecule has 0 saturated carbocycles. The standard InChI is InChI=1S/C19H25BrN4O2S/c1-3-5-6-17(26)24(12-4-2)13-11-16(25)21-19-23-22-18(27-19)14-7-9-15(20)10-8-14/h7-10H,3-6,11-13H2,1-2H3,(H,21,23,25). The van der Waals surface area contributed by atoms with E-state index >= 15 is 0 Å². The fraction of sp³-hybridized carbons (Fsp3) is 0.474. The molecule has 2 rings (SSSR count). The van der Waals surface area contributed by atoms with Crippen LogP contribution in [0.5, 0.6) is 0 Å². The maximum absolute atomic E-state index is 12.2. The highest BCUT2D eigenvalue weighted by atomic mass is 79.9. The van der Waals surface area contributed by atoms with Crippen molar-refractivity contribution in [3.8, 4) is 10.6 Å². The molecule has 27 heavy (non-hydrogen) atoms. The first-order chi connectivity index (χ1) is 13.0. The van der Waals surface area contributed by atoms with E-state index in [1.807, 2.05) is 31.2 Å². The summed E-state index contributed by atoms with van der Waals surface area (Å²) in [7, 11) is 0. The summed E-state index contributed by atoms with van der Waals surface area (Å²) in [6.07, 6.45) is 3.56. The minimum atomic E-state index is -0.155. The molecule has 146 valence electrons. The minimum Gasteiger partial charge on any atom is -0.342 e. The van der Waals surface area contributed by atoms with Crippen molar-refractivity contribution in [2.24, 2.45) is 0 Å². The molecule has 0 saturated heterocycles. The van der Waals surface area contributed by atoms with Crippen molar-refractivity contribution in [1.82, 2.24) is 15.1 Å². The predicted octanol–water partition coefficient (Wildman–Crippen LogP) is 4.73. The molecule has 0 atom stereocenters. The Labute approximate surface area is 172 Å². The largest absolute Gasteiger partial charge is 0.342 e. The average Bonchev–Trinajstić information content (AvgIpc) is 3.12. The highest BCUT2D eigenvalue weighted by Crippen LogP contribution is 2.27. The van der Waals surface area contributed by atoms with E-state index in [1.54, 1.807) is 4.90 Å². The molecule has 1 aromatic heterocycles. The highest BCUT2D eigenvalue weighted by molar-refractivity contribution is 9.10. The molecule has 0 unspecified atom stereocenters. The normalized spacial score (nSPS) is 10.6. The molecule has 1 N–H and O–H groups in total. The van der Waals surface area contributed by atoms with E-state index in [4.69, 9.17) is 0 Å². The quantitative estimate of drug-likeness (QED) is 0.565.